The molecule has 8 rings (SSSR count). The number of fused-ring (bicyclic) bond motifs is 4. The Kier molecular flexibility index (Phi) is 5.67. The molecule has 12 heteroatoms. The number of hydrogen-bond donors (Lipinski definition) is 3. The molecule has 43 heavy (non-hydrogen) atoms. The van der Waals surface area contributed by atoms with Crippen LogP contribution in [0.3, 0.4) is 0 Å². The van der Waals surface area contributed by atoms with E-state index < -0.39 is 11.2 Å². The average molecular weight is 581 g/mol. The molecule has 0 radical (unpaired) electrons. The van der Waals surface area contributed by atoms with E-state index in [2.05, 4.69) is 20.6 Å². The largest absolute Gasteiger partial charge is 0.494 e. The number of nitrogens with one attached hydrogen (secondary N) is 2. The summed E-state index contributed by atoms with van der Waals surface area (Å²) in [5.74, 6) is 2.17. The van der Waals surface area contributed by atoms with Crippen molar-refractivity contribution in [2.45, 2.75) is 44.3 Å². The second kappa shape index (κ2) is 9.40. The zero-order chi connectivity index (χ0) is 29.6. The Balaban J connectivity index is 1.25. The molecule has 4 N–H and O–H groups in total. The molecule has 5 aromatic rings. The predicted octanol–water partition coefficient (Wildman–Crippen LogP) is 2.61. The van der Waals surface area contributed by atoms with Crippen molar-refractivity contribution in [2.75, 3.05) is 13.7 Å². The van der Waals surface area contributed by atoms with Crippen LogP contribution in [0.4, 0.5) is 0 Å². The number of rotatable bonds is 6. The lowest BCUT2D eigenvalue weighted by Gasteiger charge is -2.27. The van der Waals surface area contributed by atoms with E-state index >= 15 is 0 Å². The number of aromatic amines is 2. The number of amides is 1. The monoisotopic (exact) mass is 580 g/mol. The lowest BCUT2D eigenvalue weighted by atomic mass is 10.1. The van der Waals surface area contributed by atoms with Crippen LogP contribution in [0.15, 0.2) is 46.1 Å². The summed E-state index contributed by atoms with van der Waals surface area (Å²) in [7, 11) is 3.56. The Hall–Kier alpha value is -4.71. The summed E-state index contributed by atoms with van der Waals surface area (Å²) in [5, 5.41) is 0.913. The standard InChI is InChI=1S/C31H32N8O4/c1-37-26-21(9-18(11-24(26)43-2)30(41)39-14-17-6-8-22(39)25(17)32)35-28(37)23-10-16-5-7-20(19-12-33-31(42)36-29(19)40)34-27(16)38(23)13-15-3-4-15/h5,7,9-12,15,17,22,25H,3-4,6,8,13-14,32H2,1-2H3,(H2,33,36,40,42)/t17-,22-,25-/m1/s1. The van der Waals surface area contributed by atoms with E-state index in [1.54, 1.807) is 13.2 Å². The van der Waals surface area contributed by atoms with E-state index in [1.165, 1.54) is 6.20 Å². The summed E-state index contributed by atoms with van der Waals surface area (Å²) in [6.45, 7) is 1.46. The Bertz CT molecular complexity index is 2070. The van der Waals surface area contributed by atoms with Gasteiger partial charge >= 0.3 is 5.69 Å². The number of ether oxygens (including phenoxy) is 1. The predicted molar refractivity (Wildman–Crippen MR) is 161 cm³/mol. The van der Waals surface area contributed by atoms with Crippen LogP contribution in [0.25, 0.3) is 44.8 Å². The molecule has 0 spiro atoms. The molecule has 0 unspecified atom stereocenters. The van der Waals surface area contributed by atoms with Crippen molar-refractivity contribution in [3.8, 4) is 28.5 Å². The molecule has 1 amide bonds. The summed E-state index contributed by atoms with van der Waals surface area (Å²) < 4.78 is 9.98. The van der Waals surface area contributed by atoms with Crippen molar-refractivity contribution < 1.29 is 9.53 Å². The first-order valence-corrected chi connectivity index (χ1v) is 14.7. The van der Waals surface area contributed by atoms with E-state index in [4.69, 9.17) is 20.4 Å². The minimum absolute atomic E-state index is 0.0353. The number of aryl methyl sites for hydroxylation is 1. The number of carbonyl (C=O) groups is 1. The maximum atomic E-state index is 13.7. The van der Waals surface area contributed by atoms with Gasteiger partial charge < -0.3 is 29.5 Å². The second-order valence-electron chi connectivity index (χ2n) is 12.2. The van der Waals surface area contributed by atoms with Crippen LogP contribution < -0.4 is 21.7 Å². The Morgan fingerprint density at radius 1 is 1.12 bits per heavy atom. The maximum Gasteiger partial charge on any atom is 0.325 e. The number of piperidine rings is 1. The van der Waals surface area contributed by atoms with Crippen molar-refractivity contribution in [1.29, 1.82) is 0 Å². The maximum absolute atomic E-state index is 13.7. The van der Waals surface area contributed by atoms with Crippen LogP contribution in [-0.4, -0.2) is 65.6 Å². The third kappa shape index (κ3) is 4.03. The number of nitrogens with two attached hydrogens (primary N) is 1. The Morgan fingerprint density at radius 3 is 2.65 bits per heavy atom. The van der Waals surface area contributed by atoms with Gasteiger partial charge in [0.25, 0.3) is 11.5 Å². The number of likely N-dealkylation sites (tertiary alicyclic amines) is 1. The number of methoxy groups -OCH3 is 1. The van der Waals surface area contributed by atoms with E-state index in [0.29, 0.717) is 46.5 Å². The number of benzene rings is 1. The molecule has 1 aliphatic heterocycles. The van der Waals surface area contributed by atoms with Crippen molar-refractivity contribution in [2.24, 2.45) is 24.6 Å². The van der Waals surface area contributed by atoms with Gasteiger partial charge in [-0.3, -0.25) is 14.6 Å². The van der Waals surface area contributed by atoms with Crippen molar-refractivity contribution in [3.63, 3.8) is 0 Å². The number of pyridine rings is 1. The lowest BCUT2D eigenvalue weighted by Crippen LogP contribution is -2.41. The highest BCUT2D eigenvalue weighted by Crippen LogP contribution is 2.40. The van der Waals surface area contributed by atoms with Gasteiger partial charge in [-0.1, -0.05) is 0 Å². The molecule has 1 aromatic carbocycles. The highest BCUT2D eigenvalue weighted by molar-refractivity contribution is 6.00. The molecule has 3 fully saturated rings. The van der Waals surface area contributed by atoms with Crippen LogP contribution in [0.1, 0.15) is 36.0 Å². The smallest absolute Gasteiger partial charge is 0.325 e. The first-order chi connectivity index (χ1) is 20.8. The minimum atomic E-state index is -0.562. The molecule has 4 aromatic heterocycles. The molecule has 3 aliphatic rings. The number of aromatic nitrogens is 6. The van der Waals surface area contributed by atoms with Gasteiger partial charge in [0, 0.05) is 49.4 Å². The number of nitrogens with zero attached hydrogens (tertiary/aromatic N) is 5. The molecule has 2 saturated carbocycles. The quantitative estimate of drug-likeness (QED) is 0.279. The highest BCUT2D eigenvalue weighted by Gasteiger charge is 2.47. The van der Waals surface area contributed by atoms with Crippen LogP contribution in [0, 0.1) is 11.8 Å². The summed E-state index contributed by atoms with van der Waals surface area (Å²) in [6.07, 6.45) is 5.70. The summed E-state index contributed by atoms with van der Waals surface area (Å²) in [5.41, 5.74) is 9.74. The van der Waals surface area contributed by atoms with Crippen LogP contribution >= 0.6 is 0 Å². The van der Waals surface area contributed by atoms with Crippen molar-refractivity contribution in [3.05, 3.63) is 62.9 Å². The van der Waals surface area contributed by atoms with Crippen molar-refractivity contribution >= 4 is 28.0 Å². The molecule has 2 aliphatic carbocycles. The Morgan fingerprint density at radius 2 is 1.95 bits per heavy atom. The fourth-order valence-corrected chi connectivity index (χ4v) is 7.07. The zero-order valence-corrected chi connectivity index (χ0v) is 24.0. The zero-order valence-electron chi connectivity index (χ0n) is 24.0. The normalized spacial score (nSPS) is 21.4. The molecule has 2 bridgehead atoms. The number of imidazole rings is 1. The van der Waals surface area contributed by atoms with Crippen LogP contribution in [-0.2, 0) is 13.6 Å². The molecule has 12 nitrogen and oxygen atoms in total. The molecule has 3 atom stereocenters. The lowest BCUT2D eigenvalue weighted by molar-refractivity contribution is 0.0700. The van der Waals surface area contributed by atoms with Crippen LogP contribution in [0.2, 0.25) is 0 Å². The van der Waals surface area contributed by atoms with Gasteiger partial charge in [-0.2, -0.15) is 0 Å². The minimum Gasteiger partial charge on any atom is -0.494 e. The third-order valence-electron chi connectivity index (χ3n) is 9.52. The number of hydrogen-bond acceptors (Lipinski definition) is 7. The first kappa shape index (κ1) is 26.0. The fourth-order valence-electron chi connectivity index (χ4n) is 7.07. The Labute approximate surface area is 245 Å². The second-order valence-corrected chi connectivity index (χ2v) is 12.2. The third-order valence-corrected chi connectivity index (χ3v) is 9.52. The van der Waals surface area contributed by atoms with Gasteiger partial charge in [0.05, 0.1) is 29.6 Å². The van der Waals surface area contributed by atoms with Crippen molar-refractivity contribution in [1.82, 2.24) is 34.0 Å². The van der Waals surface area contributed by atoms with E-state index in [9.17, 15) is 14.4 Å². The average Bonchev–Trinajstić information content (AvgIpc) is 3.41. The topological polar surface area (TPSA) is 157 Å². The molecule has 1 saturated heterocycles. The van der Waals surface area contributed by atoms with E-state index in [-0.39, 0.29) is 18.0 Å². The number of carbonyl (C=O) groups excluding carboxylic acids is 1. The summed E-state index contributed by atoms with van der Waals surface area (Å²) >= 11 is 0. The van der Waals surface area contributed by atoms with E-state index in [1.807, 2.05) is 34.7 Å². The van der Waals surface area contributed by atoms with Gasteiger partial charge in [0.1, 0.15) is 16.9 Å². The number of H-pyrrole nitrogens is 2. The SMILES string of the molecule is COc1cc(C(=O)N2C[C@H]3CC[C@@H]2[C@@H]3N)cc2nc(-c3cc4ccc(-c5c[nH]c(=O)[nH]c5=O)nc4n3CC3CC3)n(C)c12. The van der Waals surface area contributed by atoms with Gasteiger partial charge in [0.15, 0.2) is 5.82 Å². The van der Waals surface area contributed by atoms with Gasteiger partial charge in [-0.25, -0.2) is 14.8 Å². The van der Waals surface area contributed by atoms with Gasteiger partial charge in [-0.15, -0.1) is 0 Å². The van der Waals surface area contributed by atoms with Gasteiger partial charge in [-0.05, 0) is 67.9 Å². The molecule has 5 heterocycles. The summed E-state index contributed by atoms with van der Waals surface area (Å²) in [4.78, 5) is 54.4. The summed E-state index contributed by atoms with van der Waals surface area (Å²) in [6, 6.07) is 9.57. The molecule has 220 valence electrons. The van der Waals surface area contributed by atoms with Gasteiger partial charge in [0.2, 0.25) is 0 Å². The fraction of sp³-hybridized carbons (Fsp3) is 0.387. The van der Waals surface area contributed by atoms with Crippen LogP contribution in [0.5, 0.6) is 5.75 Å². The first-order valence-electron chi connectivity index (χ1n) is 14.7. The molecular formula is C31H32N8O4. The van der Waals surface area contributed by atoms with E-state index in [0.717, 1.165) is 60.3 Å². The molecular weight excluding hydrogens is 548 g/mol. The highest BCUT2D eigenvalue weighted by atomic mass is 16.5.